The Balaban J connectivity index is 1.66. The van der Waals surface area contributed by atoms with Crippen LogP contribution in [0.3, 0.4) is 0 Å². The Hall–Kier alpha value is -2.73. The van der Waals surface area contributed by atoms with Gasteiger partial charge in [0.25, 0.3) is 0 Å². The molecule has 0 aliphatic heterocycles. The molecule has 0 spiro atoms. The number of nitrogens with two attached hydrogens (primary N) is 1. The van der Waals surface area contributed by atoms with Gasteiger partial charge in [-0.3, -0.25) is 0 Å². The number of hydrogen-bond donors (Lipinski definition) is 1. The molecule has 2 heterocycles. The van der Waals surface area contributed by atoms with E-state index in [0.717, 1.165) is 35.6 Å². The lowest BCUT2D eigenvalue weighted by Gasteiger charge is -2.09. The van der Waals surface area contributed by atoms with Crippen LogP contribution in [0, 0.1) is 11.3 Å². The highest BCUT2D eigenvalue weighted by Gasteiger charge is 2.20. The topological polar surface area (TPSA) is 101 Å². The Kier molecular flexibility index (Phi) is 4.89. The van der Waals surface area contributed by atoms with E-state index >= 15 is 0 Å². The van der Waals surface area contributed by atoms with Crippen molar-refractivity contribution in [3.05, 3.63) is 64.3 Å². The van der Waals surface area contributed by atoms with Crippen LogP contribution < -0.4 is 5.14 Å². The van der Waals surface area contributed by atoms with Gasteiger partial charge in [-0.15, -0.1) is 11.3 Å². The Morgan fingerprint density at radius 3 is 2.64 bits per heavy atom. The summed E-state index contributed by atoms with van der Waals surface area (Å²) in [5, 5.41) is 15.5. The number of aliphatic imine (C=N–C) groups is 1. The van der Waals surface area contributed by atoms with Gasteiger partial charge in [-0.05, 0) is 67.6 Å². The summed E-state index contributed by atoms with van der Waals surface area (Å²) in [6.45, 7) is 0. The van der Waals surface area contributed by atoms with Gasteiger partial charge in [-0.25, -0.2) is 18.5 Å². The molecule has 1 aliphatic rings. The lowest BCUT2D eigenvalue weighted by Crippen LogP contribution is -2.12. The SMILES string of the molecule is N#Cc1c(N=Cc2cccn2-c2ccc(S(N)(=O)=O)cc2)sc2c1CCCC2. The summed E-state index contributed by atoms with van der Waals surface area (Å²) in [6, 6.07) is 12.5. The van der Waals surface area contributed by atoms with Crippen LogP contribution in [0.4, 0.5) is 5.00 Å². The van der Waals surface area contributed by atoms with Crippen LogP contribution in [-0.4, -0.2) is 19.2 Å². The van der Waals surface area contributed by atoms with Gasteiger partial charge in [-0.2, -0.15) is 5.26 Å². The van der Waals surface area contributed by atoms with Crippen molar-refractivity contribution in [2.24, 2.45) is 10.1 Å². The normalized spacial score (nSPS) is 14.1. The Bertz CT molecular complexity index is 1200. The first-order chi connectivity index (χ1) is 13.5. The number of rotatable bonds is 4. The number of aryl methyl sites for hydroxylation is 1. The summed E-state index contributed by atoms with van der Waals surface area (Å²) in [5.41, 5.74) is 3.50. The lowest BCUT2D eigenvalue weighted by atomic mass is 9.96. The molecule has 4 rings (SSSR count). The molecule has 0 fully saturated rings. The fraction of sp³-hybridized carbons (Fsp3) is 0.200. The highest BCUT2D eigenvalue weighted by Crippen LogP contribution is 2.39. The number of nitriles is 1. The maximum Gasteiger partial charge on any atom is 0.238 e. The molecule has 3 aromatic rings. The number of primary sulfonamides is 1. The lowest BCUT2D eigenvalue weighted by molar-refractivity contribution is 0.598. The molecule has 0 saturated carbocycles. The van der Waals surface area contributed by atoms with Gasteiger partial charge in [0.2, 0.25) is 10.0 Å². The number of nitrogens with zero attached hydrogens (tertiary/aromatic N) is 3. The molecule has 2 N–H and O–H groups in total. The van der Waals surface area contributed by atoms with Gasteiger partial charge in [-0.1, -0.05) is 0 Å². The highest BCUT2D eigenvalue weighted by atomic mass is 32.2. The number of aromatic nitrogens is 1. The number of hydrogen-bond acceptors (Lipinski definition) is 5. The zero-order valence-corrected chi connectivity index (χ0v) is 16.6. The van der Waals surface area contributed by atoms with Crippen LogP contribution in [0.15, 0.2) is 52.5 Å². The van der Waals surface area contributed by atoms with Crippen molar-refractivity contribution >= 4 is 32.6 Å². The molecule has 0 amide bonds. The van der Waals surface area contributed by atoms with Gasteiger partial charge < -0.3 is 4.57 Å². The van der Waals surface area contributed by atoms with Crippen molar-refractivity contribution in [3.63, 3.8) is 0 Å². The van der Waals surface area contributed by atoms with Crippen molar-refractivity contribution in [3.8, 4) is 11.8 Å². The fourth-order valence-electron chi connectivity index (χ4n) is 3.41. The quantitative estimate of drug-likeness (QED) is 0.664. The van der Waals surface area contributed by atoms with Crippen molar-refractivity contribution in [1.82, 2.24) is 4.57 Å². The van der Waals surface area contributed by atoms with E-state index in [-0.39, 0.29) is 4.90 Å². The molecule has 2 aromatic heterocycles. The summed E-state index contributed by atoms with van der Waals surface area (Å²) in [4.78, 5) is 5.95. The summed E-state index contributed by atoms with van der Waals surface area (Å²) in [6.07, 6.45) is 7.88. The molecule has 28 heavy (non-hydrogen) atoms. The zero-order chi connectivity index (χ0) is 19.7. The molecule has 0 bridgehead atoms. The third-order valence-electron chi connectivity index (χ3n) is 4.80. The van der Waals surface area contributed by atoms with E-state index in [1.54, 1.807) is 29.7 Å². The van der Waals surface area contributed by atoms with Gasteiger partial charge in [0.1, 0.15) is 11.1 Å². The maximum absolute atomic E-state index is 11.4. The van der Waals surface area contributed by atoms with E-state index in [4.69, 9.17) is 5.14 Å². The van der Waals surface area contributed by atoms with Crippen LogP contribution >= 0.6 is 11.3 Å². The average molecular weight is 411 g/mol. The Morgan fingerprint density at radius 2 is 1.93 bits per heavy atom. The number of benzene rings is 1. The standard InChI is InChI=1S/C20H18N4O2S2/c21-12-18-17-5-1-2-6-19(17)27-20(18)23-13-15-4-3-11-24(15)14-7-9-16(10-8-14)28(22,25)26/h3-4,7-11,13H,1-2,5-6H2,(H2,22,25,26). The molecule has 1 aromatic carbocycles. The molecule has 0 unspecified atom stereocenters. The minimum Gasteiger partial charge on any atom is -0.316 e. The van der Waals surface area contributed by atoms with Crippen molar-refractivity contribution < 1.29 is 8.42 Å². The first kappa shape index (κ1) is 18.6. The van der Waals surface area contributed by atoms with Crippen LogP contribution in [0.5, 0.6) is 0 Å². The van der Waals surface area contributed by atoms with Gasteiger partial charge in [0.15, 0.2) is 0 Å². The zero-order valence-electron chi connectivity index (χ0n) is 15.0. The molecule has 0 atom stereocenters. The van der Waals surface area contributed by atoms with E-state index < -0.39 is 10.0 Å². The second-order valence-corrected chi connectivity index (χ2v) is 9.25. The highest BCUT2D eigenvalue weighted by molar-refractivity contribution is 7.89. The average Bonchev–Trinajstić information content (AvgIpc) is 3.29. The molecular weight excluding hydrogens is 392 g/mol. The monoisotopic (exact) mass is 410 g/mol. The van der Waals surface area contributed by atoms with E-state index in [1.165, 1.54) is 29.0 Å². The number of sulfonamides is 1. The largest absolute Gasteiger partial charge is 0.316 e. The molecule has 1 aliphatic carbocycles. The first-order valence-corrected chi connectivity index (χ1v) is 11.2. The predicted molar refractivity (Wildman–Crippen MR) is 110 cm³/mol. The molecule has 8 heteroatoms. The third-order valence-corrected chi connectivity index (χ3v) is 6.93. The Morgan fingerprint density at radius 1 is 1.18 bits per heavy atom. The van der Waals surface area contributed by atoms with Crippen molar-refractivity contribution in [2.75, 3.05) is 0 Å². The van der Waals surface area contributed by atoms with Crippen LogP contribution in [-0.2, 0) is 22.9 Å². The fourth-order valence-corrected chi connectivity index (χ4v) is 5.11. The number of fused-ring (bicyclic) bond motifs is 1. The van der Waals surface area contributed by atoms with Gasteiger partial charge in [0, 0.05) is 16.8 Å². The van der Waals surface area contributed by atoms with Gasteiger partial charge in [0.05, 0.1) is 22.4 Å². The summed E-state index contributed by atoms with van der Waals surface area (Å²) < 4.78 is 24.7. The van der Waals surface area contributed by atoms with Crippen molar-refractivity contribution in [2.45, 2.75) is 30.6 Å². The second kappa shape index (κ2) is 7.36. The molecule has 0 radical (unpaired) electrons. The molecule has 6 nitrogen and oxygen atoms in total. The van der Waals surface area contributed by atoms with E-state index in [1.807, 2.05) is 22.9 Å². The number of thiophene rings is 1. The summed E-state index contributed by atoms with van der Waals surface area (Å²) >= 11 is 1.60. The van der Waals surface area contributed by atoms with E-state index in [0.29, 0.717) is 5.56 Å². The minimum absolute atomic E-state index is 0.0708. The molecular formula is C20H18N4O2S2. The maximum atomic E-state index is 11.4. The smallest absolute Gasteiger partial charge is 0.238 e. The minimum atomic E-state index is -3.72. The van der Waals surface area contributed by atoms with E-state index in [2.05, 4.69) is 11.1 Å². The van der Waals surface area contributed by atoms with Crippen LogP contribution in [0.1, 0.15) is 34.5 Å². The summed E-state index contributed by atoms with van der Waals surface area (Å²) in [5.74, 6) is 0. The van der Waals surface area contributed by atoms with E-state index in [9.17, 15) is 13.7 Å². The Labute approximate surface area is 167 Å². The second-order valence-electron chi connectivity index (χ2n) is 6.60. The van der Waals surface area contributed by atoms with Crippen LogP contribution in [0.25, 0.3) is 5.69 Å². The third kappa shape index (κ3) is 3.52. The van der Waals surface area contributed by atoms with Gasteiger partial charge >= 0.3 is 0 Å². The first-order valence-electron chi connectivity index (χ1n) is 8.86. The van der Waals surface area contributed by atoms with Crippen molar-refractivity contribution in [1.29, 1.82) is 5.26 Å². The predicted octanol–water partition coefficient (Wildman–Crippen LogP) is 3.69. The molecule has 142 valence electrons. The molecule has 0 saturated heterocycles. The van der Waals surface area contributed by atoms with Crippen LogP contribution in [0.2, 0.25) is 0 Å². The summed E-state index contributed by atoms with van der Waals surface area (Å²) in [7, 11) is -3.72.